The molecule has 1 saturated heterocycles. The number of benzene rings is 3. The van der Waals surface area contributed by atoms with Gasteiger partial charge in [-0.1, -0.05) is 60.1 Å². The number of fused-ring (bicyclic) bond motifs is 4. The Labute approximate surface area is 210 Å². The standard InChI is InChI=1S/C30H29ClN2O2/c1-35-21-10-5-9-20(16-21)30-13-14-32-29(27(34)15-19-7-3-2-4-8-19)23(30)17-22-26(18-30)33-25-12-6-11-24(31)28(22)25/h2-12,16,23,29,32-33H,13-15,17-18H2,1H3/t23?,29?,30-/m1/s1. The van der Waals surface area contributed by atoms with Gasteiger partial charge >= 0.3 is 0 Å². The van der Waals surface area contributed by atoms with Crippen LogP contribution in [0.5, 0.6) is 5.75 Å². The summed E-state index contributed by atoms with van der Waals surface area (Å²) in [5.41, 5.74) is 5.71. The van der Waals surface area contributed by atoms with E-state index in [0.29, 0.717) is 6.42 Å². The number of carbonyl (C=O) groups excluding carboxylic acids is 1. The minimum Gasteiger partial charge on any atom is -0.497 e. The van der Waals surface area contributed by atoms with Crippen LogP contribution in [0.4, 0.5) is 0 Å². The van der Waals surface area contributed by atoms with Crippen LogP contribution in [-0.4, -0.2) is 30.5 Å². The predicted octanol–water partition coefficient (Wildman–Crippen LogP) is 5.66. The molecule has 1 aliphatic carbocycles. The Morgan fingerprint density at radius 2 is 1.91 bits per heavy atom. The first-order valence-electron chi connectivity index (χ1n) is 12.3. The number of carbonyl (C=O) groups is 1. The van der Waals surface area contributed by atoms with Crippen molar-refractivity contribution >= 4 is 28.3 Å². The second kappa shape index (κ2) is 8.85. The zero-order valence-corrected chi connectivity index (χ0v) is 20.6. The van der Waals surface area contributed by atoms with E-state index in [1.165, 1.54) is 16.8 Å². The van der Waals surface area contributed by atoms with Crippen LogP contribution in [-0.2, 0) is 29.5 Å². The molecule has 1 aromatic heterocycles. The molecule has 178 valence electrons. The fourth-order valence-electron chi connectivity index (χ4n) is 6.50. The molecule has 2 N–H and O–H groups in total. The van der Waals surface area contributed by atoms with Crippen LogP contribution in [0.15, 0.2) is 72.8 Å². The van der Waals surface area contributed by atoms with Crippen LogP contribution in [0.25, 0.3) is 10.9 Å². The number of hydrogen-bond donors (Lipinski definition) is 2. The van der Waals surface area contributed by atoms with E-state index in [1.54, 1.807) is 7.11 Å². The van der Waals surface area contributed by atoms with E-state index in [2.05, 4.69) is 34.6 Å². The van der Waals surface area contributed by atoms with Crippen molar-refractivity contribution in [3.8, 4) is 5.75 Å². The molecule has 0 saturated carbocycles. The van der Waals surface area contributed by atoms with E-state index in [1.807, 2.05) is 48.5 Å². The molecule has 35 heavy (non-hydrogen) atoms. The molecule has 0 radical (unpaired) electrons. The molecule has 1 aliphatic heterocycles. The van der Waals surface area contributed by atoms with Gasteiger partial charge in [0.25, 0.3) is 0 Å². The van der Waals surface area contributed by atoms with Crippen molar-refractivity contribution in [1.29, 1.82) is 0 Å². The highest BCUT2D eigenvalue weighted by molar-refractivity contribution is 6.35. The summed E-state index contributed by atoms with van der Waals surface area (Å²) in [6, 6.07) is 24.3. The lowest BCUT2D eigenvalue weighted by Crippen LogP contribution is -2.60. The van der Waals surface area contributed by atoms with E-state index in [-0.39, 0.29) is 23.2 Å². The molecule has 1 fully saturated rings. The van der Waals surface area contributed by atoms with Crippen molar-refractivity contribution in [2.24, 2.45) is 5.92 Å². The number of nitrogens with one attached hydrogen (secondary N) is 2. The first-order valence-corrected chi connectivity index (χ1v) is 12.7. The summed E-state index contributed by atoms with van der Waals surface area (Å²) in [4.78, 5) is 17.5. The van der Waals surface area contributed by atoms with Gasteiger partial charge in [-0.2, -0.15) is 0 Å². The fraction of sp³-hybridized carbons (Fsp3) is 0.300. The molecule has 2 heterocycles. The minimum atomic E-state index is -0.226. The number of aromatic nitrogens is 1. The smallest absolute Gasteiger partial charge is 0.154 e. The first kappa shape index (κ1) is 22.4. The molecule has 4 nitrogen and oxygen atoms in total. The molecule has 5 heteroatoms. The SMILES string of the molecule is COc1cccc([C@]23CCNC(C(=O)Cc4ccccc4)C2Cc2c([nH]c4cccc(Cl)c24)C3)c1. The van der Waals surface area contributed by atoms with Gasteiger partial charge < -0.3 is 15.0 Å². The van der Waals surface area contributed by atoms with Crippen molar-refractivity contribution in [3.05, 3.63) is 100 Å². The van der Waals surface area contributed by atoms with Gasteiger partial charge in [-0.05, 0) is 72.7 Å². The van der Waals surface area contributed by atoms with E-state index in [0.717, 1.165) is 53.0 Å². The molecule has 0 spiro atoms. The Balaban J connectivity index is 1.48. The van der Waals surface area contributed by atoms with Crippen LogP contribution >= 0.6 is 11.6 Å². The zero-order chi connectivity index (χ0) is 24.0. The van der Waals surface area contributed by atoms with Crippen LogP contribution in [0, 0.1) is 5.92 Å². The topological polar surface area (TPSA) is 54.1 Å². The Bertz CT molecular complexity index is 1400. The molecule has 3 atom stereocenters. The van der Waals surface area contributed by atoms with Gasteiger partial charge in [-0.3, -0.25) is 4.79 Å². The van der Waals surface area contributed by atoms with Crippen molar-refractivity contribution in [1.82, 2.24) is 10.3 Å². The van der Waals surface area contributed by atoms with E-state index in [4.69, 9.17) is 16.3 Å². The lowest BCUT2D eigenvalue weighted by molar-refractivity contribution is -0.123. The lowest BCUT2D eigenvalue weighted by atomic mass is 9.56. The predicted molar refractivity (Wildman–Crippen MR) is 140 cm³/mol. The average molecular weight is 485 g/mol. The Hall–Kier alpha value is -3.08. The third kappa shape index (κ3) is 3.76. The maximum Gasteiger partial charge on any atom is 0.154 e. The molecule has 0 bridgehead atoms. The summed E-state index contributed by atoms with van der Waals surface area (Å²) in [5.74, 6) is 1.22. The lowest BCUT2D eigenvalue weighted by Gasteiger charge is -2.51. The molecule has 6 rings (SSSR count). The van der Waals surface area contributed by atoms with E-state index in [9.17, 15) is 4.79 Å². The normalized spacial score (nSPS) is 23.5. The third-order valence-electron chi connectivity index (χ3n) is 8.14. The summed E-state index contributed by atoms with van der Waals surface area (Å²) < 4.78 is 5.60. The van der Waals surface area contributed by atoms with Gasteiger partial charge in [0.05, 0.1) is 18.2 Å². The maximum atomic E-state index is 13.8. The van der Waals surface area contributed by atoms with E-state index >= 15 is 0 Å². The number of piperidine rings is 1. The number of ether oxygens (including phenoxy) is 1. The van der Waals surface area contributed by atoms with Gasteiger partial charge in [0, 0.05) is 28.4 Å². The van der Waals surface area contributed by atoms with Gasteiger partial charge in [0.1, 0.15) is 5.75 Å². The largest absolute Gasteiger partial charge is 0.497 e. The van der Waals surface area contributed by atoms with Crippen LogP contribution in [0.1, 0.15) is 28.8 Å². The van der Waals surface area contributed by atoms with Crippen LogP contribution in [0.3, 0.4) is 0 Å². The van der Waals surface area contributed by atoms with Gasteiger partial charge in [-0.15, -0.1) is 0 Å². The summed E-state index contributed by atoms with van der Waals surface area (Å²) in [5, 5.41) is 5.49. The second-order valence-corrected chi connectivity index (χ2v) is 10.3. The van der Waals surface area contributed by atoms with Gasteiger partial charge in [0.2, 0.25) is 0 Å². The Morgan fingerprint density at radius 3 is 2.74 bits per heavy atom. The molecule has 4 aromatic rings. The number of H-pyrrole nitrogens is 1. The third-order valence-corrected chi connectivity index (χ3v) is 8.46. The first-order chi connectivity index (χ1) is 17.1. The summed E-state index contributed by atoms with van der Waals surface area (Å²) >= 11 is 6.69. The van der Waals surface area contributed by atoms with Gasteiger partial charge in [0.15, 0.2) is 5.78 Å². The number of ketones is 1. The van der Waals surface area contributed by atoms with Crippen molar-refractivity contribution in [2.45, 2.75) is 37.1 Å². The molecular weight excluding hydrogens is 456 g/mol. The fourth-order valence-corrected chi connectivity index (χ4v) is 6.79. The molecule has 2 unspecified atom stereocenters. The highest BCUT2D eigenvalue weighted by atomic mass is 35.5. The zero-order valence-electron chi connectivity index (χ0n) is 19.8. The van der Waals surface area contributed by atoms with Crippen LogP contribution < -0.4 is 10.1 Å². The number of hydrogen-bond acceptors (Lipinski definition) is 3. The summed E-state index contributed by atoms with van der Waals surface area (Å²) in [6.07, 6.45) is 3.05. The monoisotopic (exact) mass is 484 g/mol. The Kier molecular flexibility index (Phi) is 5.66. The summed E-state index contributed by atoms with van der Waals surface area (Å²) in [7, 11) is 1.71. The second-order valence-electron chi connectivity index (χ2n) is 9.93. The average Bonchev–Trinajstić information content (AvgIpc) is 3.25. The van der Waals surface area contributed by atoms with Crippen molar-refractivity contribution in [3.63, 3.8) is 0 Å². The number of rotatable bonds is 5. The molecule has 2 aliphatic rings. The number of methoxy groups -OCH3 is 1. The highest BCUT2D eigenvalue weighted by Crippen LogP contribution is 2.50. The van der Waals surface area contributed by atoms with Crippen LogP contribution in [0.2, 0.25) is 5.02 Å². The van der Waals surface area contributed by atoms with Crippen molar-refractivity contribution in [2.75, 3.05) is 13.7 Å². The maximum absolute atomic E-state index is 13.8. The number of Topliss-reactive ketones (excluding diaryl/α,β-unsaturated/α-hetero) is 1. The molecular formula is C30H29ClN2O2. The Morgan fingerprint density at radius 1 is 1.09 bits per heavy atom. The van der Waals surface area contributed by atoms with Crippen molar-refractivity contribution < 1.29 is 9.53 Å². The highest BCUT2D eigenvalue weighted by Gasteiger charge is 2.52. The quantitative estimate of drug-likeness (QED) is 0.384. The van der Waals surface area contributed by atoms with E-state index < -0.39 is 0 Å². The molecule has 0 amide bonds. The summed E-state index contributed by atoms with van der Waals surface area (Å²) in [6.45, 7) is 0.801. The minimum absolute atomic E-state index is 0.113. The number of aromatic amines is 1. The molecule has 3 aromatic carbocycles. The number of halogens is 1. The van der Waals surface area contributed by atoms with Gasteiger partial charge in [-0.25, -0.2) is 0 Å².